The summed E-state index contributed by atoms with van der Waals surface area (Å²) >= 11 is 0. The molecule has 1 aromatic rings. The predicted octanol–water partition coefficient (Wildman–Crippen LogP) is 0.935. The van der Waals surface area contributed by atoms with Crippen molar-refractivity contribution in [2.24, 2.45) is 0 Å². The summed E-state index contributed by atoms with van der Waals surface area (Å²) in [5.41, 5.74) is -0.823. The molecule has 0 saturated heterocycles. The lowest BCUT2D eigenvalue weighted by molar-refractivity contribution is 0.0684. The number of carboxylic acid groups (broad SMARTS) is 1. The maximum Gasteiger partial charge on any atom is 0.338 e. The summed E-state index contributed by atoms with van der Waals surface area (Å²) in [5.74, 6) is -1.71. The normalized spacial score (nSPS) is 11.1. The number of methoxy groups -OCH3 is 1. The van der Waals surface area contributed by atoms with Gasteiger partial charge in [0.05, 0.1) is 17.7 Å². The highest BCUT2D eigenvalue weighted by Gasteiger charge is 2.24. The minimum atomic E-state index is -1.18. The van der Waals surface area contributed by atoms with Crippen molar-refractivity contribution in [3.63, 3.8) is 0 Å². The molecular formula is C12H16N2O4. The molecule has 0 radical (unpaired) electrons. The summed E-state index contributed by atoms with van der Waals surface area (Å²) in [4.78, 5) is 26.8. The first-order chi connectivity index (χ1) is 8.37. The summed E-state index contributed by atoms with van der Waals surface area (Å²) in [7, 11) is 1.53. The van der Waals surface area contributed by atoms with Gasteiger partial charge in [-0.25, -0.2) is 4.79 Å². The van der Waals surface area contributed by atoms with Crippen LogP contribution in [0.3, 0.4) is 0 Å². The molecule has 0 aliphatic rings. The topological polar surface area (TPSA) is 88.5 Å². The Bertz CT molecular complexity index is 457. The van der Waals surface area contributed by atoms with Crippen molar-refractivity contribution < 1.29 is 19.4 Å². The molecule has 0 aliphatic carbocycles. The Balaban J connectivity index is 2.95. The number of aromatic nitrogens is 1. The van der Waals surface area contributed by atoms with Crippen molar-refractivity contribution in [2.45, 2.75) is 19.4 Å². The van der Waals surface area contributed by atoms with Gasteiger partial charge in [0.1, 0.15) is 5.69 Å². The van der Waals surface area contributed by atoms with Gasteiger partial charge in [0, 0.05) is 13.3 Å². The number of nitrogens with one attached hydrogen (secondary N) is 1. The zero-order valence-corrected chi connectivity index (χ0v) is 10.6. The van der Waals surface area contributed by atoms with Crippen molar-refractivity contribution in [1.82, 2.24) is 10.3 Å². The second-order valence-corrected chi connectivity index (χ2v) is 4.48. The Labute approximate surface area is 105 Å². The van der Waals surface area contributed by atoms with Crippen LogP contribution >= 0.6 is 0 Å². The standard InChI is InChI=1S/C12H16N2O4/c1-12(2,7-18-3)14-10(15)9-8(11(16)17)5-4-6-13-9/h4-6H,7H2,1-3H3,(H,14,15)(H,16,17). The first-order valence-electron chi connectivity index (χ1n) is 5.37. The van der Waals surface area contributed by atoms with E-state index in [-0.39, 0.29) is 11.3 Å². The van der Waals surface area contributed by atoms with Gasteiger partial charge in [-0.2, -0.15) is 0 Å². The van der Waals surface area contributed by atoms with Gasteiger partial charge in [0.2, 0.25) is 0 Å². The van der Waals surface area contributed by atoms with Crippen molar-refractivity contribution in [2.75, 3.05) is 13.7 Å². The number of amides is 1. The van der Waals surface area contributed by atoms with Crippen LogP contribution in [0.15, 0.2) is 18.3 Å². The van der Waals surface area contributed by atoms with Gasteiger partial charge in [-0.05, 0) is 26.0 Å². The second kappa shape index (κ2) is 5.59. The Morgan fingerprint density at radius 3 is 2.72 bits per heavy atom. The zero-order valence-electron chi connectivity index (χ0n) is 10.6. The second-order valence-electron chi connectivity index (χ2n) is 4.48. The fourth-order valence-electron chi connectivity index (χ4n) is 1.52. The van der Waals surface area contributed by atoms with Gasteiger partial charge >= 0.3 is 5.97 Å². The highest BCUT2D eigenvalue weighted by molar-refractivity contribution is 6.03. The van der Waals surface area contributed by atoms with E-state index < -0.39 is 17.4 Å². The van der Waals surface area contributed by atoms with E-state index in [0.717, 1.165) is 0 Å². The fourth-order valence-corrected chi connectivity index (χ4v) is 1.52. The van der Waals surface area contributed by atoms with E-state index in [4.69, 9.17) is 9.84 Å². The number of carbonyl (C=O) groups excluding carboxylic acids is 1. The summed E-state index contributed by atoms with van der Waals surface area (Å²) in [6.07, 6.45) is 1.38. The third kappa shape index (κ3) is 3.53. The number of pyridine rings is 1. The monoisotopic (exact) mass is 252 g/mol. The number of rotatable bonds is 5. The van der Waals surface area contributed by atoms with E-state index in [1.807, 2.05) is 0 Å². The number of aromatic carboxylic acids is 1. The van der Waals surface area contributed by atoms with Crippen LogP contribution in [0.4, 0.5) is 0 Å². The van der Waals surface area contributed by atoms with Crippen molar-refractivity contribution in [1.29, 1.82) is 0 Å². The van der Waals surface area contributed by atoms with Gasteiger partial charge in [-0.1, -0.05) is 0 Å². The summed E-state index contributed by atoms with van der Waals surface area (Å²) in [5, 5.41) is 11.7. The van der Waals surface area contributed by atoms with Crippen LogP contribution in [0.5, 0.6) is 0 Å². The van der Waals surface area contributed by atoms with Crippen molar-refractivity contribution in [3.8, 4) is 0 Å². The van der Waals surface area contributed by atoms with Crippen molar-refractivity contribution >= 4 is 11.9 Å². The number of hydrogen-bond donors (Lipinski definition) is 2. The molecule has 0 unspecified atom stereocenters. The maximum absolute atomic E-state index is 12.0. The Kier molecular flexibility index (Phi) is 4.38. The average molecular weight is 252 g/mol. The summed E-state index contributed by atoms with van der Waals surface area (Å²) in [6.45, 7) is 3.86. The highest BCUT2D eigenvalue weighted by atomic mass is 16.5. The molecule has 0 bridgehead atoms. The summed E-state index contributed by atoms with van der Waals surface area (Å²) < 4.78 is 4.97. The SMILES string of the molecule is COCC(C)(C)NC(=O)c1ncccc1C(=O)O. The van der Waals surface area contributed by atoms with Gasteiger partial charge in [0.25, 0.3) is 5.91 Å². The molecule has 0 saturated carbocycles. The molecule has 1 rings (SSSR count). The van der Waals surface area contributed by atoms with Crippen LogP contribution in [-0.4, -0.2) is 41.2 Å². The predicted molar refractivity (Wildman–Crippen MR) is 64.6 cm³/mol. The van der Waals surface area contributed by atoms with Crippen LogP contribution in [-0.2, 0) is 4.74 Å². The Morgan fingerprint density at radius 2 is 2.17 bits per heavy atom. The van der Waals surface area contributed by atoms with E-state index in [2.05, 4.69) is 10.3 Å². The molecule has 0 fully saturated rings. The minimum Gasteiger partial charge on any atom is -0.478 e. The minimum absolute atomic E-state index is 0.103. The third-order valence-corrected chi connectivity index (χ3v) is 2.21. The molecule has 1 heterocycles. The Morgan fingerprint density at radius 1 is 1.50 bits per heavy atom. The molecule has 2 N–H and O–H groups in total. The lowest BCUT2D eigenvalue weighted by Gasteiger charge is -2.25. The van der Waals surface area contributed by atoms with Gasteiger partial charge in [0.15, 0.2) is 0 Å². The van der Waals surface area contributed by atoms with Crippen LogP contribution in [0.2, 0.25) is 0 Å². The Hall–Kier alpha value is -1.95. The largest absolute Gasteiger partial charge is 0.478 e. The molecule has 98 valence electrons. The molecule has 0 atom stereocenters. The molecule has 0 spiro atoms. The van der Waals surface area contributed by atoms with Crippen LogP contribution in [0.25, 0.3) is 0 Å². The maximum atomic E-state index is 12.0. The van der Waals surface area contributed by atoms with E-state index in [0.29, 0.717) is 6.61 Å². The highest BCUT2D eigenvalue weighted by Crippen LogP contribution is 2.09. The zero-order chi connectivity index (χ0) is 13.8. The van der Waals surface area contributed by atoms with Crippen LogP contribution in [0, 0.1) is 0 Å². The van der Waals surface area contributed by atoms with E-state index >= 15 is 0 Å². The lowest BCUT2D eigenvalue weighted by atomic mass is 10.1. The number of carbonyl (C=O) groups is 2. The number of carboxylic acids is 1. The molecule has 18 heavy (non-hydrogen) atoms. The van der Waals surface area contributed by atoms with Gasteiger partial charge < -0.3 is 15.2 Å². The fraction of sp³-hybridized carbons (Fsp3) is 0.417. The van der Waals surface area contributed by atoms with Gasteiger partial charge in [-0.3, -0.25) is 9.78 Å². The first kappa shape index (κ1) is 14.1. The number of nitrogens with zero attached hydrogens (tertiary/aromatic N) is 1. The van der Waals surface area contributed by atoms with E-state index in [1.54, 1.807) is 13.8 Å². The first-order valence-corrected chi connectivity index (χ1v) is 5.37. The summed E-state index contributed by atoms with van der Waals surface area (Å²) in [6, 6.07) is 2.81. The third-order valence-electron chi connectivity index (χ3n) is 2.21. The molecule has 0 aromatic carbocycles. The molecule has 1 aromatic heterocycles. The van der Waals surface area contributed by atoms with E-state index in [1.165, 1.54) is 25.4 Å². The smallest absolute Gasteiger partial charge is 0.338 e. The molecular weight excluding hydrogens is 236 g/mol. The molecule has 1 amide bonds. The van der Waals surface area contributed by atoms with Crippen LogP contribution < -0.4 is 5.32 Å². The number of hydrogen-bond acceptors (Lipinski definition) is 4. The number of ether oxygens (including phenoxy) is 1. The molecule has 0 aliphatic heterocycles. The van der Waals surface area contributed by atoms with Crippen molar-refractivity contribution in [3.05, 3.63) is 29.6 Å². The average Bonchev–Trinajstić information content (AvgIpc) is 2.28. The molecule has 6 heteroatoms. The van der Waals surface area contributed by atoms with Gasteiger partial charge in [-0.15, -0.1) is 0 Å². The van der Waals surface area contributed by atoms with E-state index in [9.17, 15) is 9.59 Å². The quantitative estimate of drug-likeness (QED) is 0.814. The lowest BCUT2D eigenvalue weighted by Crippen LogP contribution is -2.47. The molecule has 6 nitrogen and oxygen atoms in total. The van der Waals surface area contributed by atoms with Crippen LogP contribution in [0.1, 0.15) is 34.7 Å².